The van der Waals surface area contributed by atoms with Crippen molar-refractivity contribution in [1.29, 1.82) is 0 Å². The highest BCUT2D eigenvalue weighted by molar-refractivity contribution is 9.10. The molecule has 1 N–H and O–H groups in total. The summed E-state index contributed by atoms with van der Waals surface area (Å²) in [6.45, 7) is 0.667. The number of aliphatic hydroxyl groups excluding tert-OH is 1. The van der Waals surface area contributed by atoms with E-state index < -0.39 is 6.10 Å². The third kappa shape index (κ3) is 2.14. The molecule has 2 nitrogen and oxygen atoms in total. The number of fused-ring (bicyclic) bond motifs is 1. The quantitative estimate of drug-likeness (QED) is 0.909. The molecule has 1 aromatic carbocycles. The topological polar surface area (TPSA) is 29.5 Å². The summed E-state index contributed by atoms with van der Waals surface area (Å²) in [5, 5.41) is 14.5. The molecule has 0 spiro atoms. The minimum atomic E-state index is -0.618. The zero-order valence-electron chi connectivity index (χ0n) is 9.67. The van der Waals surface area contributed by atoms with Gasteiger partial charge in [-0.3, -0.25) is 0 Å². The van der Waals surface area contributed by atoms with Crippen LogP contribution in [0.25, 0.3) is 0 Å². The fourth-order valence-corrected chi connectivity index (χ4v) is 3.91. The summed E-state index contributed by atoms with van der Waals surface area (Å²) in [7, 11) is 0. The zero-order chi connectivity index (χ0) is 12.5. The molecular formula is C14H13BrO2S. The average Bonchev–Trinajstić information content (AvgIpc) is 2.83. The summed E-state index contributed by atoms with van der Waals surface area (Å²) in [5.74, 6) is 0. The number of thiophene rings is 1. The first-order chi connectivity index (χ1) is 8.77. The lowest BCUT2D eigenvalue weighted by atomic mass is 9.92. The Morgan fingerprint density at radius 1 is 1.33 bits per heavy atom. The van der Waals surface area contributed by atoms with Crippen LogP contribution in [0, 0.1) is 0 Å². The highest BCUT2D eigenvalue weighted by atomic mass is 79.9. The number of rotatable bonds is 2. The third-order valence-corrected chi connectivity index (χ3v) is 5.03. The van der Waals surface area contributed by atoms with Crippen LogP contribution in [-0.4, -0.2) is 11.7 Å². The molecule has 3 rings (SSSR count). The molecule has 0 aliphatic carbocycles. The number of hydrogen-bond acceptors (Lipinski definition) is 3. The highest BCUT2D eigenvalue weighted by Crippen LogP contribution is 2.40. The molecule has 4 heteroatoms. The van der Waals surface area contributed by atoms with E-state index >= 15 is 0 Å². The molecule has 2 aromatic rings. The van der Waals surface area contributed by atoms with Crippen molar-refractivity contribution in [1.82, 2.24) is 0 Å². The number of hydrogen-bond donors (Lipinski definition) is 1. The van der Waals surface area contributed by atoms with Gasteiger partial charge in [0, 0.05) is 15.4 Å². The van der Waals surface area contributed by atoms with E-state index in [1.807, 2.05) is 29.0 Å². The molecule has 2 atom stereocenters. The molecule has 0 saturated carbocycles. The molecule has 1 aliphatic heterocycles. The van der Waals surface area contributed by atoms with E-state index in [0.29, 0.717) is 6.61 Å². The summed E-state index contributed by atoms with van der Waals surface area (Å²) >= 11 is 5.05. The van der Waals surface area contributed by atoms with Crippen LogP contribution >= 0.6 is 27.3 Å². The van der Waals surface area contributed by atoms with Gasteiger partial charge in [-0.15, -0.1) is 0 Å². The lowest BCUT2D eigenvalue weighted by Crippen LogP contribution is -2.22. The largest absolute Gasteiger partial charge is 0.385 e. The van der Waals surface area contributed by atoms with Crippen molar-refractivity contribution in [3.8, 4) is 0 Å². The smallest absolute Gasteiger partial charge is 0.113 e. The van der Waals surface area contributed by atoms with E-state index in [4.69, 9.17) is 4.74 Å². The van der Waals surface area contributed by atoms with Crippen molar-refractivity contribution in [3.05, 3.63) is 56.2 Å². The highest BCUT2D eigenvalue weighted by Gasteiger charge is 2.29. The maximum absolute atomic E-state index is 10.5. The van der Waals surface area contributed by atoms with Crippen molar-refractivity contribution in [2.75, 3.05) is 6.61 Å². The van der Waals surface area contributed by atoms with Crippen LogP contribution < -0.4 is 0 Å². The fourth-order valence-electron chi connectivity index (χ4n) is 2.35. The van der Waals surface area contributed by atoms with Gasteiger partial charge in [-0.2, -0.15) is 11.3 Å². The van der Waals surface area contributed by atoms with Crippen molar-refractivity contribution in [2.24, 2.45) is 0 Å². The van der Waals surface area contributed by atoms with E-state index in [1.54, 1.807) is 11.3 Å². The summed E-state index contributed by atoms with van der Waals surface area (Å²) in [6.07, 6.45) is 0.0393. The normalized spacial score (nSPS) is 20.4. The standard InChI is InChI=1S/C14H13BrO2S/c15-12-8-18-7-11(12)13(16)14-10-4-2-1-3-9(10)5-6-17-14/h1-4,7-8,13-14,16H,5-6H2. The first kappa shape index (κ1) is 12.4. The van der Waals surface area contributed by atoms with Gasteiger partial charge in [0.2, 0.25) is 0 Å². The Balaban J connectivity index is 1.97. The van der Waals surface area contributed by atoms with Gasteiger partial charge < -0.3 is 9.84 Å². The van der Waals surface area contributed by atoms with Crippen LogP contribution in [0.2, 0.25) is 0 Å². The lowest BCUT2D eigenvalue weighted by Gasteiger charge is -2.29. The first-order valence-electron chi connectivity index (χ1n) is 5.86. The summed E-state index contributed by atoms with van der Waals surface area (Å²) < 4.78 is 6.73. The predicted molar refractivity (Wildman–Crippen MR) is 75.8 cm³/mol. The number of halogens is 1. The van der Waals surface area contributed by atoms with Crippen molar-refractivity contribution in [2.45, 2.75) is 18.6 Å². The minimum Gasteiger partial charge on any atom is -0.385 e. The van der Waals surface area contributed by atoms with Gasteiger partial charge in [0.1, 0.15) is 12.2 Å². The second-order valence-corrected chi connectivity index (χ2v) is 5.96. The summed E-state index contributed by atoms with van der Waals surface area (Å²) in [6, 6.07) is 8.19. The van der Waals surface area contributed by atoms with E-state index in [9.17, 15) is 5.11 Å². The molecule has 2 heterocycles. The van der Waals surface area contributed by atoms with Crippen LogP contribution in [0.15, 0.2) is 39.5 Å². The fraction of sp³-hybridized carbons (Fsp3) is 0.286. The maximum atomic E-state index is 10.5. The van der Waals surface area contributed by atoms with Crippen LogP contribution in [0.3, 0.4) is 0 Å². The van der Waals surface area contributed by atoms with E-state index in [1.165, 1.54) is 5.56 Å². The Kier molecular flexibility index (Phi) is 3.52. The monoisotopic (exact) mass is 324 g/mol. The molecule has 2 unspecified atom stereocenters. The van der Waals surface area contributed by atoms with Gasteiger partial charge >= 0.3 is 0 Å². The lowest BCUT2D eigenvalue weighted by molar-refractivity contribution is -0.0484. The van der Waals surface area contributed by atoms with Crippen LogP contribution in [0.4, 0.5) is 0 Å². The van der Waals surface area contributed by atoms with Gasteiger partial charge in [0.15, 0.2) is 0 Å². The molecule has 0 amide bonds. The van der Waals surface area contributed by atoms with Crippen LogP contribution in [-0.2, 0) is 11.2 Å². The molecule has 0 bridgehead atoms. The second kappa shape index (κ2) is 5.13. The molecule has 94 valence electrons. The molecule has 18 heavy (non-hydrogen) atoms. The van der Waals surface area contributed by atoms with E-state index in [0.717, 1.165) is 22.0 Å². The average molecular weight is 325 g/mol. The summed E-state index contributed by atoms with van der Waals surface area (Å²) in [4.78, 5) is 0. The predicted octanol–water partition coefficient (Wildman–Crippen LogP) is 3.86. The van der Waals surface area contributed by atoms with Gasteiger partial charge in [-0.25, -0.2) is 0 Å². The number of benzene rings is 1. The van der Waals surface area contributed by atoms with Gasteiger partial charge in [-0.1, -0.05) is 24.3 Å². The van der Waals surface area contributed by atoms with Crippen molar-refractivity contribution >= 4 is 27.3 Å². The Hall–Kier alpha value is -0.680. The molecule has 1 aliphatic rings. The van der Waals surface area contributed by atoms with E-state index in [-0.39, 0.29) is 6.10 Å². The minimum absolute atomic E-state index is 0.263. The first-order valence-corrected chi connectivity index (χ1v) is 7.60. The maximum Gasteiger partial charge on any atom is 0.113 e. The Bertz CT molecular complexity index is 552. The van der Waals surface area contributed by atoms with Crippen LogP contribution in [0.1, 0.15) is 28.9 Å². The van der Waals surface area contributed by atoms with Gasteiger partial charge in [-0.05, 0) is 38.9 Å². The van der Waals surface area contributed by atoms with Crippen LogP contribution in [0.5, 0.6) is 0 Å². The van der Waals surface area contributed by atoms with Gasteiger partial charge in [0.05, 0.1) is 6.61 Å². The van der Waals surface area contributed by atoms with Crippen molar-refractivity contribution in [3.63, 3.8) is 0 Å². The van der Waals surface area contributed by atoms with Crippen molar-refractivity contribution < 1.29 is 9.84 Å². The third-order valence-electron chi connectivity index (χ3n) is 3.28. The summed E-state index contributed by atoms with van der Waals surface area (Å²) in [5.41, 5.74) is 3.29. The molecule has 0 radical (unpaired) electrons. The Morgan fingerprint density at radius 2 is 2.17 bits per heavy atom. The van der Waals surface area contributed by atoms with E-state index in [2.05, 4.69) is 22.0 Å². The molecule has 0 fully saturated rings. The second-order valence-electron chi connectivity index (χ2n) is 4.36. The van der Waals surface area contributed by atoms with Gasteiger partial charge in [0.25, 0.3) is 0 Å². The molecular weight excluding hydrogens is 312 g/mol. The molecule has 0 saturated heterocycles. The number of ether oxygens (including phenoxy) is 1. The zero-order valence-corrected chi connectivity index (χ0v) is 12.1. The number of aliphatic hydroxyl groups is 1. The SMILES string of the molecule is OC(c1cscc1Br)C1OCCc2ccccc21. The Labute approximate surface area is 118 Å². The Morgan fingerprint density at radius 3 is 2.94 bits per heavy atom. The molecule has 1 aromatic heterocycles.